The van der Waals surface area contributed by atoms with Crippen molar-refractivity contribution in [3.05, 3.63) is 73.7 Å². The Morgan fingerprint density at radius 2 is 1.85 bits per heavy atom. The first kappa shape index (κ1) is 17.0. The second kappa shape index (κ2) is 6.35. The lowest BCUT2D eigenvalue weighted by atomic mass is 10.1. The third-order valence-electron chi connectivity index (χ3n) is 4.62. The minimum atomic E-state index is -0.426. The molecule has 0 aliphatic heterocycles. The van der Waals surface area contributed by atoms with E-state index in [0.717, 1.165) is 22.4 Å². The summed E-state index contributed by atoms with van der Waals surface area (Å²) in [7, 11) is 1.60. The molecule has 0 aliphatic rings. The van der Waals surface area contributed by atoms with Gasteiger partial charge in [-0.05, 0) is 48.7 Å². The highest BCUT2D eigenvalue weighted by molar-refractivity contribution is 5.89. The van der Waals surface area contributed by atoms with Gasteiger partial charge in [-0.2, -0.15) is 0 Å². The third kappa shape index (κ3) is 2.87. The molecule has 0 amide bonds. The first-order valence-electron chi connectivity index (χ1n) is 8.51. The number of hydrogen-bond donors (Lipinski definition) is 1. The molecule has 0 unspecified atom stereocenters. The molecule has 2 aromatic carbocycles. The normalized spacial score (nSPS) is 11.2. The van der Waals surface area contributed by atoms with Crippen LogP contribution in [-0.4, -0.2) is 27.1 Å². The van der Waals surface area contributed by atoms with Crippen molar-refractivity contribution in [1.82, 2.24) is 20.0 Å². The van der Waals surface area contributed by atoms with Crippen molar-refractivity contribution in [2.45, 2.75) is 20.4 Å². The summed E-state index contributed by atoms with van der Waals surface area (Å²) in [5, 5.41) is 8.47. The zero-order valence-corrected chi connectivity index (χ0v) is 15.2. The van der Waals surface area contributed by atoms with Gasteiger partial charge in [-0.25, -0.2) is 4.68 Å². The van der Waals surface area contributed by atoms with E-state index in [2.05, 4.69) is 15.3 Å². The van der Waals surface area contributed by atoms with Crippen LogP contribution in [0.15, 0.2) is 46.0 Å². The van der Waals surface area contributed by atoms with Crippen LogP contribution >= 0.6 is 0 Å². The zero-order valence-electron chi connectivity index (χ0n) is 15.2. The molecule has 0 saturated heterocycles. The largest absolute Gasteiger partial charge is 0.497 e. The van der Waals surface area contributed by atoms with E-state index in [-0.39, 0.29) is 16.5 Å². The van der Waals surface area contributed by atoms with Crippen LogP contribution in [0.5, 0.6) is 5.75 Å². The van der Waals surface area contributed by atoms with Crippen LogP contribution in [0.1, 0.15) is 16.7 Å². The number of fused-ring (bicyclic) bond motifs is 2. The second-order valence-corrected chi connectivity index (χ2v) is 6.58. The average Bonchev–Trinajstić information content (AvgIpc) is 3.03. The lowest BCUT2D eigenvalue weighted by Crippen LogP contribution is -2.10. The van der Waals surface area contributed by atoms with Crippen molar-refractivity contribution in [2.75, 3.05) is 7.11 Å². The Kier molecular flexibility index (Phi) is 3.99. The molecule has 1 N–H and O–H groups in total. The molecule has 0 fully saturated rings. The maximum absolute atomic E-state index is 13.2. The van der Waals surface area contributed by atoms with Gasteiger partial charge in [0.15, 0.2) is 5.52 Å². The molecule has 27 heavy (non-hydrogen) atoms. The van der Waals surface area contributed by atoms with E-state index in [0.29, 0.717) is 17.4 Å². The molecular formula is C20H18N4O3. The van der Waals surface area contributed by atoms with Gasteiger partial charge in [0.05, 0.1) is 19.2 Å². The van der Waals surface area contributed by atoms with E-state index in [1.807, 2.05) is 44.2 Å². The fourth-order valence-electron chi connectivity index (χ4n) is 3.32. The van der Waals surface area contributed by atoms with Crippen LogP contribution in [-0.2, 0) is 6.54 Å². The fraction of sp³-hybridized carbons (Fsp3) is 0.200. The number of nitrogens with one attached hydrogen (secondary N) is 1. The topological polar surface area (TPSA) is 89.9 Å². The van der Waals surface area contributed by atoms with E-state index in [1.165, 1.54) is 4.68 Å². The van der Waals surface area contributed by atoms with Crippen LogP contribution in [0.25, 0.3) is 21.9 Å². The third-order valence-corrected chi connectivity index (χ3v) is 4.62. The number of rotatable bonds is 3. The Hall–Kier alpha value is -3.48. The summed E-state index contributed by atoms with van der Waals surface area (Å²) in [5.74, 6) is 0.742. The number of benzene rings is 2. The molecule has 7 heteroatoms. The van der Waals surface area contributed by atoms with Gasteiger partial charge < -0.3 is 9.72 Å². The Bertz CT molecular complexity index is 1290. The molecule has 0 aliphatic carbocycles. The van der Waals surface area contributed by atoms with Gasteiger partial charge in [0, 0.05) is 5.39 Å². The summed E-state index contributed by atoms with van der Waals surface area (Å²) in [6.07, 6.45) is 0. The number of methoxy groups -OCH3 is 1. The predicted octanol–water partition coefficient (Wildman–Crippen LogP) is 2.31. The smallest absolute Gasteiger partial charge is 0.278 e. The van der Waals surface area contributed by atoms with Crippen LogP contribution in [0, 0.1) is 13.8 Å². The average molecular weight is 362 g/mol. The first-order chi connectivity index (χ1) is 13.0. The van der Waals surface area contributed by atoms with Gasteiger partial charge in [0.2, 0.25) is 5.43 Å². The number of ether oxygens (including phenoxy) is 1. The summed E-state index contributed by atoms with van der Waals surface area (Å²) in [6.45, 7) is 4.11. The lowest BCUT2D eigenvalue weighted by molar-refractivity contribution is 0.414. The quantitative estimate of drug-likeness (QED) is 0.604. The van der Waals surface area contributed by atoms with Gasteiger partial charge in [-0.15, -0.1) is 5.10 Å². The Morgan fingerprint density at radius 3 is 2.56 bits per heavy atom. The highest BCUT2D eigenvalue weighted by Crippen LogP contribution is 2.17. The fourth-order valence-corrected chi connectivity index (χ4v) is 3.32. The number of H-pyrrole nitrogens is 1. The number of aryl methyl sites for hydroxylation is 2. The maximum atomic E-state index is 13.2. The van der Waals surface area contributed by atoms with Gasteiger partial charge in [-0.3, -0.25) is 9.59 Å². The standard InChI is InChI=1S/C20H18N4O3/c1-11-8-12(2)16-15(9-11)19(25)18-17(20(26)21-16)22-23-24(18)10-13-4-6-14(27-3)7-5-13/h4-9H,10H2,1-3H3,(H,21,26). The van der Waals surface area contributed by atoms with E-state index in [4.69, 9.17) is 4.74 Å². The molecule has 136 valence electrons. The van der Waals surface area contributed by atoms with Crippen LogP contribution in [0.4, 0.5) is 0 Å². The molecule has 7 nitrogen and oxygen atoms in total. The maximum Gasteiger partial charge on any atom is 0.278 e. The Labute approximate surface area is 154 Å². The molecule has 2 heterocycles. The molecule has 4 rings (SSSR count). The molecule has 0 bridgehead atoms. The van der Waals surface area contributed by atoms with Gasteiger partial charge in [0.25, 0.3) is 5.56 Å². The highest BCUT2D eigenvalue weighted by atomic mass is 16.5. The number of aromatic nitrogens is 4. The van der Waals surface area contributed by atoms with Crippen molar-refractivity contribution < 1.29 is 4.74 Å². The first-order valence-corrected chi connectivity index (χ1v) is 8.51. The van der Waals surface area contributed by atoms with Crippen molar-refractivity contribution in [3.8, 4) is 5.75 Å². The molecular weight excluding hydrogens is 344 g/mol. The SMILES string of the molecule is COc1ccc(Cn2nnc3c(=O)[nH]c4c(C)cc(C)cc4c(=O)c32)cc1. The Morgan fingerprint density at radius 1 is 1.11 bits per heavy atom. The molecule has 0 spiro atoms. The molecule has 2 aromatic heterocycles. The summed E-state index contributed by atoms with van der Waals surface area (Å²) >= 11 is 0. The minimum absolute atomic E-state index is 0.0433. The Balaban J connectivity index is 1.99. The molecule has 0 atom stereocenters. The van der Waals surface area contributed by atoms with E-state index < -0.39 is 5.56 Å². The van der Waals surface area contributed by atoms with E-state index >= 15 is 0 Å². The summed E-state index contributed by atoms with van der Waals surface area (Å²) < 4.78 is 6.64. The van der Waals surface area contributed by atoms with Crippen molar-refractivity contribution in [1.29, 1.82) is 0 Å². The van der Waals surface area contributed by atoms with Crippen molar-refractivity contribution in [3.63, 3.8) is 0 Å². The second-order valence-electron chi connectivity index (χ2n) is 6.58. The number of nitrogens with zero attached hydrogens (tertiary/aromatic N) is 3. The van der Waals surface area contributed by atoms with Gasteiger partial charge in [-0.1, -0.05) is 23.4 Å². The van der Waals surface area contributed by atoms with Gasteiger partial charge >= 0.3 is 0 Å². The highest BCUT2D eigenvalue weighted by Gasteiger charge is 2.15. The van der Waals surface area contributed by atoms with Crippen molar-refractivity contribution in [2.24, 2.45) is 0 Å². The molecule has 4 aromatic rings. The number of hydrogen-bond acceptors (Lipinski definition) is 5. The van der Waals surface area contributed by atoms with Crippen LogP contribution in [0.3, 0.4) is 0 Å². The molecule has 0 saturated carbocycles. The monoisotopic (exact) mass is 362 g/mol. The van der Waals surface area contributed by atoms with Gasteiger partial charge in [0.1, 0.15) is 11.3 Å². The lowest BCUT2D eigenvalue weighted by Gasteiger charge is -2.04. The van der Waals surface area contributed by atoms with E-state index in [1.54, 1.807) is 13.2 Å². The van der Waals surface area contributed by atoms with E-state index in [9.17, 15) is 9.59 Å². The summed E-state index contributed by atoms with van der Waals surface area (Å²) in [4.78, 5) is 28.6. The summed E-state index contributed by atoms with van der Waals surface area (Å²) in [5.41, 5.74) is 2.80. The van der Waals surface area contributed by atoms with Crippen LogP contribution < -0.4 is 15.7 Å². The van der Waals surface area contributed by atoms with Crippen LogP contribution in [0.2, 0.25) is 0 Å². The summed E-state index contributed by atoms with van der Waals surface area (Å²) in [6, 6.07) is 11.2. The number of aromatic amines is 1. The zero-order chi connectivity index (χ0) is 19.1. The molecule has 0 radical (unpaired) electrons. The van der Waals surface area contributed by atoms with Crippen molar-refractivity contribution >= 4 is 21.9 Å². The minimum Gasteiger partial charge on any atom is -0.497 e. The predicted molar refractivity (Wildman–Crippen MR) is 103 cm³/mol.